The summed E-state index contributed by atoms with van der Waals surface area (Å²) in [5.41, 5.74) is 6.02. The number of benzene rings is 2. The van der Waals surface area contributed by atoms with E-state index in [1.165, 1.54) is 12.1 Å². The number of hydrogen-bond acceptors (Lipinski definition) is 12. The fraction of sp³-hybridized carbons (Fsp3) is 0.360. The molecule has 368 valence electrons. The van der Waals surface area contributed by atoms with Crippen molar-refractivity contribution < 1.29 is 17.6 Å². The van der Waals surface area contributed by atoms with Crippen LogP contribution in [-0.2, 0) is 23.9 Å². The molecule has 0 amide bonds. The standard InChI is InChI=1S/2C25H27F2N7.2ClH/c2*1-13-16-6-7-21(31-19(16)8-9-28-13)32-24-29-12-18(27)22(33-24)15-10-17(26)23-20(11-15)34(14(2)30-23)25(3,4)5;;/h2*6-7,10-13,28H,8-9H2,1-5H3,(H,29,31,32,33);2*1H/t2*13-;;/m10../s1. The summed E-state index contributed by atoms with van der Waals surface area (Å²) in [5.74, 6) is 0.581. The van der Waals surface area contributed by atoms with Crippen molar-refractivity contribution in [3.8, 4) is 22.5 Å². The Morgan fingerprint density at radius 1 is 0.543 bits per heavy atom. The summed E-state index contributed by atoms with van der Waals surface area (Å²) in [7, 11) is 0. The van der Waals surface area contributed by atoms with Crippen molar-refractivity contribution in [2.45, 2.75) is 105 Å². The van der Waals surface area contributed by atoms with Crippen molar-refractivity contribution in [3.63, 3.8) is 0 Å². The van der Waals surface area contributed by atoms with Crippen LogP contribution in [0.2, 0.25) is 0 Å². The van der Waals surface area contributed by atoms with Gasteiger partial charge in [0.2, 0.25) is 11.9 Å². The molecule has 0 saturated carbocycles. The lowest BCUT2D eigenvalue weighted by Gasteiger charge is -2.24. The zero-order valence-corrected chi connectivity index (χ0v) is 42.2. The third-order valence-electron chi connectivity index (χ3n) is 12.2. The van der Waals surface area contributed by atoms with Crippen LogP contribution in [0.4, 0.5) is 41.1 Å². The molecule has 10 rings (SSSR count). The van der Waals surface area contributed by atoms with E-state index in [1.807, 2.05) is 88.8 Å². The lowest BCUT2D eigenvalue weighted by molar-refractivity contribution is 0.399. The van der Waals surface area contributed by atoms with E-state index in [9.17, 15) is 8.78 Å². The van der Waals surface area contributed by atoms with Crippen molar-refractivity contribution in [2.75, 3.05) is 23.7 Å². The molecule has 70 heavy (non-hydrogen) atoms. The molecule has 0 saturated heterocycles. The smallest absolute Gasteiger partial charge is 0.229 e. The molecular formula is C50H56Cl2F4N14. The topological polar surface area (TPSA) is 161 Å². The molecule has 0 unspecified atom stereocenters. The zero-order chi connectivity index (χ0) is 48.4. The Morgan fingerprint density at radius 3 is 1.30 bits per heavy atom. The van der Waals surface area contributed by atoms with Gasteiger partial charge in [0.25, 0.3) is 0 Å². The number of hydrogen-bond donors (Lipinski definition) is 4. The predicted molar refractivity (Wildman–Crippen MR) is 271 cm³/mol. The van der Waals surface area contributed by atoms with Crippen LogP contribution in [0, 0.1) is 37.1 Å². The van der Waals surface area contributed by atoms with Gasteiger partial charge in [0.15, 0.2) is 23.3 Å². The summed E-state index contributed by atoms with van der Waals surface area (Å²) in [6, 6.07) is 14.2. The second kappa shape index (κ2) is 19.8. The number of fused-ring (bicyclic) bond motifs is 4. The maximum absolute atomic E-state index is 15.0. The van der Waals surface area contributed by atoms with Crippen LogP contribution in [0.3, 0.4) is 0 Å². The number of aromatic nitrogens is 10. The second-order valence-corrected chi connectivity index (χ2v) is 19.3. The number of pyridine rings is 2. The Kier molecular flexibility index (Phi) is 14.6. The molecular weight excluding hydrogens is 944 g/mol. The molecule has 2 aliphatic rings. The summed E-state index contributed by atoms with van der Waals surface area (Å²) < 4.78 is 63.5. The van der Waals surface area contributed by atoms with E-state index in [-0.39, 0.29) is 82.3 Å². The first kappa shape index (κ1) is 51.5. The average Bonchev–Trinajstić information content (AvgIpc) is 3.82. The molecule has 8 aromatic rings. The van der Waals surface area contributed by atoms with Crippen LogP contribution in [0.5, 0.6) is 0 Å². The SMILES string of the molecule is Cc1nc2c(F)cc(-c3nc(Nc4ccc5c(n4)CCN[C@@H]5C)ncc3F)cc2n1C(C)(C)C.Cc1nc2c(F)cc(-c3nc(Nc4ccc5c(n4)CCN[C@H]5C)ncc3F)cc2n1C(C)(C)C.Cl.Cl. The van der Waals surface area contributed by atoms with Crippen LogP contribution in [0.15, 0.2) is 60.9 Å². The second-order valence-electron chi connectivity index (χ2n) is 19.3. The third-order valence-corrected chi connectivity index (χ3v) is 12.2. The molecule has 8 heterocycles. The zero-order valence-electron chi connectivity index (χ0n) is 40.6. The van der Waals surface area contributed by atoms with Crippen LogP contribution in [-0.4, -0.2) is 62.1 Å². The monoisotopic (exact) mass is 998 g/mol. The minimum absolute atomic E-state index is 0. The predicted octanol–water partition coefficient (Wildman–Crippen LogP) is 11.2. The maximum Gasteiger partial charge on any atom is 0.229 e. The highest BCUT2D eigenvalue weighted by Crippen LogP contribution is 2.34. The van der Waals surface area contributed by atoms with Crippen LogP contribution < -0.4 is 21.3 Å². The normalized spacial score (nSPS) is 15.6. The number of aryl methyl sites for hydroxylation is 2. The van der Waals surface area contributed by atoms with E-state index >= 15 is 8.78 Å². The highest BCUT2D eigenvalue weighted by Gasteiger charge is 2.26. The van der Waals surface area contributed by atoms with Gasteiger partial charge in [0, 0.05) is 71.6 Å². The van der Waals surface area contributed by atoms with Gasteiger partial charge in [-0.3, -0.25) is 0 Å². The van der Waals surface area contributed by atoms with Gasteiger partial charge < -0.3 is 30.4 Å². The van der Waals surface area contributed by atoms with Gasteiger partial charge in [0.05, 0.1) is 23.4 Å². The van der Waals surface area contributed by atoms with Crippen molar-refractivity contribution >= 4 is 70.4 Å². The number of nitrogens with zero attached hydrogens (tertiary/aromatic N) is 10. The Balaban J connectivity index is 0.000000201. The van der Waals surface area contributed by atoms with Crippen LogP contribution in [0.25, 0.3) is 44.6 Å². The maximum atomic E-state index is 15.0. The molecule has 0 radical (unpaired) electrons. The summed E-state index contributed by atoms with van der Waals surface area (Å²) in [6.07, 6.45) is 3.82. The molecule has 0 aliphatic carbocycles. The van der Waals surface area contributed by atoms with E-state index in [0.29, 0.717) is 45.4 Å². The number of imidazole rings is 2. The molecule has 0 fully saturated rings. The van der Waals surface area contributed by atoms with E-state index < -0.39 is 23.3 Å². The summed E-state index contributed by atoms with van der Waals surface area (Å²) in [4.78, 5) is 35.0. The summed E-state index contributed by atoms with van der Waals surface area (Å²) in [5, 5.41) is 12.9. The Labute approximate surface area is 415 Å². The first-order valence-electron chi connectivity index (χ1n) is 22.7. The van der Waals surface area contributed by atoms with Crippen molar-refractivity contribution in [3.05, 3.63) is 118 Å². The molecule has 20 heteroatoms. The van der Waals surface area contributed by atoms with Gasteiger partial charge in [-0.2, -0.15) is 0 Å². The first-order chi connectivity index (χ1) is 32.2. The molecule has 0 spiro atoms. The lowest BCUT2D eigenvalue weighted by atomic mass is 10.0. The number of rotatable bonds is 6. The van der Waals surface area contributed by atoms with E-state index in [1.54, 1.807) is 12.1 Å². The first-order valence-corrected chi connectivity index (χ1v) is 22.7. The van der Waals surface area contributed by atoms with Crippen molar-refractivity contribution in [1.82, 2.24) is 59.6 Å². The van der Waals surface area contributed by atoms with Gasteiger partial charge in [0.1, 0.15) is 45.7 Å². The van der Waals surface area contributed by atoms with E-state index in [4.69, 9.17) is 0 Å². The van der Waals surface area contributed by atoms with Gasteiger partial charge in [-0.25, -0.2) is 57.4 Å². The Hall–Kier alpha value is -6.34. The van der Waals surface area contributed by atoms with Gasteiger partial charge in [-0.15, -0.1) is 24.8 Å². The molecule has 0 bridgehead atoms. The van der Waals surface area contributed by atoms with Gasteiger partial charge in [-0.05, 0) is 117 Å². The largest absolute Gasteiger partial charge is 0.323 e. The van der Waals surface area contributed by atoms with E-state index in [2.05, 4.69) is 75.0 Å². The highest BCUT2D eigenvalue weighted by atomic mass is 35.5. The van der Waals surface area contributed by atoms with Gasteiger partial charge >= 0.3 is 0 Å². The highest BCUT2D eigenvalue weighted by molar-refractivity contribution is 5.86. The summed E-state index contributed by atoms with van der Waals surface area (Å²) >= 11 is 0. The minimum Gasteiger partial charge on any atom is -0.323 e. The van der Waals surface area contributed by atoms with Crippen molar-refractivity contribution in [2.24, 2.45) is 0 Å². The average molecular weight is 1000 g/mol. The number of nitrogens with one attached hydrogen (secondary N) is 4. The minimum atomic E-state index is -0.638. The Morgan fingerprint density at radius 2 is 0.929 bits per heavy atom. The van der Waals surface area contributed by atoms with E-state index in [0.717, 1.165) is 60.8 Å². The molecule has 4 N–H and O–H groups in total. The Bertz CT molecular complexity index is 3040. The number of anilines is 4. The van der Waals surface area contributed by atoms with Crippen LogP contribution >= 0.6 is 24.8 Å². The molecule has 14 nitrogen and oxygen atoms in total. The fourth-order valence-corrected chi connectivity index (χ4v) is 9.35. The lowest BCUT2D eigenvalue weighted by Crippen LogP contribution is -2.28. The van der Waals surface area contributed by atoms with Gasteiger partial charge in [-0.1, -0.05) is 12.1 Å². The third kappa shape index (κ3) is 10.1. The number of halogens is 6. The fourth-order valence-electron chi connectivity index (χ4n) is 9.35. The van der Waals surface area contributed by atoms with Crippen molar-refractivity contribution in [1.29, 1.82) is 0 Å². The molecule has 2 aromatic carbocycles. The summed E-state index contributed by atoms with van der Waals surface area (Å²) in [6.45, 7) is 21.7. The molecule has 2 atom stereocenters. The van der Waals surface area contributed by atoms with Crippen LogP contribution in [0.1, 0.15) is 102 Å². The molecule has 2 aliphatic heterocycles. The quantitative estimate of drug-likeness (QED) is 0.117. The molecule has 6 aromatic heterocycles.